The van der Waals surface area contributed by atoms with Crippen LogP contribution in [-0.4, -0.2) is 11.4 Å². The van der Waals surface area contributed by atoms with E-state index in [0.717, 1.165) is 28.4 Å². The van der Waals surface area contributed by atoms with Crippen LogP contribution in [0, 0.1) is 0 Å². The molecule has 2 nitrogen and oxygen atoms in total. The minimum atomic E-state index is 0.0148. The molecule has 0 saturated heterocycles. The smallest absolute Gasteiger partial charge is 0.153 e. The normalized spacial score (nSPS) is 13.6. The van der Waals surface area contributed by atoms with E-state index >= 15 is 0 Å². The second-order valence-corrected chi connectivity index (χ2v) is 9.55. The molecule has 0 bridgehead atoms. The zero-order chi connectivity index (χ0) is 22.0. The van der Waals surface area contributed by atoms with E-state index in [-0.39, 0.29) is 11.2 Å². The number of hydrogen-bond donors (Lipinski definition) is 1. The molecule has 31 heavy (non-hydrogen) atoms. The summed E-state index contributed by atoms with van der Waals surface area (Å²) in [6, 6.07) is 18.7. The number of aromatic hydroxyl groups is 1. The highest BCUT2D eigenvalue weighted by Gasteiger charge is 2.42. The molecule has 0 spiro atoms. The molecule has 1 aliphatic rings. The Hall–Kier alpha value is -2.39. The molecule has 0 aliphatic heterocycles. The van der Waals surface area contributed by atoms with Crippen LogP contribution < -0.4 is 0 Å². The molecule has 1 aliphatic carbocycles. The molecule has 160 valence electrons. The SMILES string of the molecule is CCCCC1(CCCC)c2cc(Br)ccc2-c2ccc(-c3ccc(O)c(C=O)c3)cc21. The zero-order valence-corrected chi connectivity index (χ0v) is 19.8. The maximum atomic E-state index is 11.4. The van der Waals surface area contributed by atoms with Crippen molar-refractivity contribution < 1.29 is 9.90 Å². The number of halogens is 1. The minimum absolute atomic E-state index is 0.0148. The first-order chi connectivity index (χ1) is 15.0. The fourth-order valence-corrected chi connectivity index (χ4v) is 5.46. The van der Waals surface area contributed by atoms with Crippen LogP contribution in [0.4, 0.5) is 0 Å². The van der Waals surface area contributed by atoms with Gasteiger partial charge >= 0.3 is 0 Å². The molecule has 3 aromatic carbocycles. The molecule has 0 heterocycles. The van der Waals surface area contributed by atoms with Crippen molar-refractivity contribution in [3.63, 3.8) is 0 Å². The van der Waals surface area contributed by atoms with Crippen molar-refractivity contribution in [2.24, 2.45) is 0 Å². The van der Waals surface area contributed by atoms with Gasteiger partial charge in [0.25, 0.3) is 0 Å². The second kappa shape index (κ2) is 9.00. The van der Waals surface area contributed by atoms with Crippen molar-refractivity contribution in [2.45, 2.75) is 57.8 Å². The maximum absolute atomic E-state index is 11.4. The molecule has 1 N–H and O–H groups in total. The minimum Gasteiger partial charge on any atom is -0.507 e. The Bertz CT molecular complexity index is 1110. The largest absolute Gasteiger partial charge is 0.507 e. The Labute approximate surface area is 193 Å². The van der Waals surface area contributed by atoms with Crippen LogP contribution in [0.25, 0.3) is 22.3 Å². The van der Waals surface area contributed by atoms with Crippen LogP contribution in [0.2, 0.25) is 0 Å². The molecule has 0 fully saturated rings. The summed E-state index contributed by atoms with van der Waals surface area (Å²) in [5.41, 5.74) is 7.90. The fraction of sp³-hybridized carbons (Fsp3) is 0.321. The zero-order valence-electron chi connectivity index (χ0n) is 18.2. The van der Waals surface area contributed by atoms with Gasteiger partial charge in [0.05, 0.1) is 5.56 Å². The van der Waals surface area contributed by atoms with Gasteiger partial charge in [0, 0.05) is 9.89 Å². The van der Waals surface area contributed by atoms with E-state index in [4.69, 9.17) is 0 Å². The number of benzene rings is 3. The number of aldehydes is 1. The molecule has 3 aromatic rings. The van der Waals surface area contributed by atoms with E-state index in [1.807, 2.05) is 6.07 Å². The van der Waals surface area contributed by atoms with Gasteiger partial charge < -0.3 is 5.11 Å². The van der Waals surface area contributed by atoms with Gasteiger partial charge in [-0.05, 0) is 76.6 Å². The van der Waals surface area contributed by atoms with Gasteiger partial charge in [-0.3, -0.25) is 4.79 Å². The van der Waals surface area contributed by atoms with E-state index in [0.29, 0.717) is 11.8 Å². The van der Waals surface area contributed by atoms with Crippen molar-refractivity contribution in [1.82, 2.24) is 0 Å². The lowest BCUT2D eigenvalue weighted by Crippen LogP contribution is -2.25. The van der Waals surface area contributed by atoms with Crippen LogP contribution in [0.3, 0.4) is 0 Å². The van der Waals surface area contributed by atoms with E-state index in [1.54, 1.807) is 12.1 Å². The Morgan fingerprint density at radius 2 is 1.42 bits per heavy atom. The Kier molecular flexibility index (Phi) is 6.34. The van der Waals surface area contributed by atoms with Gasteiger partial charge in [-0.1, -0.05) is 79.7 Å². The number of carbonyl (C=O) groups is 1. The summed E-state index contributed by atoms with van der Waals surface area (Å²) in [7, 11) is 0. The standard InChI is InChI=1S/C28H29BrO2/c1-3-5-13-28(14-6-4-2)25-16-20(19-8-12-27(31)21(15-19)18-30)7-10-23(25)24-11-9-22(29)17-26(24)28/h7-12,15-18,31H,3-6,13-14H2,1-2H3. The van der Waals surface area contributed by atoms with Gasteiger partial charge in [0.15, 0.2) is 6.29 Å². The van der Waals surface area contributed by atoms with Gasteiger partial charge in [-0.2, -0.15) is 0 Å². The number of rotatable bonds is 8. The summed E-state index contributed by atoms with van der Waals surface area (Å²) >= 11 is 3.71. The van der Waals surface area contributed by atoms with E-state index in [9.17, 15) is 9.90 Å². The highest BCUT2D eigenvalue weighted by atomic mass is 79.9. The summed E-state index contributed by atoms with van der Waals surface area (Å²) in [4.78, 5) is 11.4. The second-order valence-electron chi connectivity index (χ2n) is 8.63. The molecule has 3 heteroatoms. The summed E-state index contributed by atoms with van der Waals surface area (Å²) in [5, 5.41) is 9.92. The first-order valence-corrected chi connectivity index (χ1v) is 12.1. The van der Waals surface area contributed by atoms with Gasteiger partial charge in [0.2, 0.25) is 0 Å². The average molecular weight is 477 g/mol. The summed E-state index contributed by atoms with van der Waals surface area (Å²) in [5.74, 6) is 0.0254. The predicted molar refractivity (Wildman–Crippen MR) is 132 cm³/mol. The number of hydrogen-bond acceptors (Lipinski definition) is 2. The van der Waals surface area contributed by atoms with E-state index in [2.05, 4.69) is 66.2 Å². The molecule has 0 amide bonds. The van der Waals surface area contributed by atoms with Crippen LogP contribution in [0.1, 0.15) is 73.9 Å². The topological polar surface area (TPSA) is 37.3 Å². The number of fused-ring (bicyclic) bond motifs is 3. The number of phenols is 1. The molecule has 0 atom stereocenters. The molecule has 0 radical (unpaired) electrons. The van der Waals surface area contributed by atoms with Crippen molar-refractivity contribution in [3.05, 3.63) is 75.8 Å². The summed E-state index contributed by atoms with van der Waals surface area (Å²) in [6.07, 6.45) is 7.71. The van der Waals surface area contributed by atoms with Gasteiger partial charge in [0.1, 0.15) is 5.75 Å². The fourth-order valence-electron chi connectivity index (χ4n) is 5.10. The predicted octanol–water partition coefficient (Wildman–Crippen LogP) is 8.28. The quantitative estimate of drug-likeness (QED) is 0.332. The van der Waals surface area contributed by atoms with Gasteiger partial charge in [-0.25, -0.2) is 0 Å². The molecule has 0 unspecified atom stereocenters. The molecular weight excluding hydrogens is 448 g/mol. The lowest BCUT2D eigenvalue weighted by atomic mass is 9.70. The van der Waals surface area contributed by atoms with Crippen LogP contribution in [0.5, 0.6) is 5.75 Å². The lowest BCUT2D eigenvalue weighted by molar-refractivity contribution is 0.112. The van der Waals surface area contributed by atoms with Crippen molar-refractivity contribution in [3.8, 4) is 28.0 Å². The van der Waals surface area contributed by atoms with E-state index < -0.39 is 0 Å². The monoisotopic (exact) mass is 476 g/mol. The molecule has 0 aromatic heterocycles. The van der Waals surface area contributed by atoms with Crippen molar-refractivity contribution >= 4 is 22.2 Å². The summed E-state index contributed by atoms with van der Waals surface area (Å²) in [6.45, 7) is 4.53. The third-order valence-electron chi connectivity index (χ3n) is 6.72. The van der Waals surface area contributed by atoms with Crippen LogP contribution in [0.15, 0.2) is 59.1 Å². The molecule has 0 saturated carbocycles. The number of carbonyl (C=O) groups excluding carboxylic acids is 1. The Morgan fingerprint density at radius 1 is 0.839 bits per heavy atom. The number of phenolic OH excluding ortho intramolecular Hbond substituents is 1. The third-order valence-corrected chi connectivity index (χ3v) is 7.22. The first kappa shape index (κ1) is 21.8. The van der Waals surface area contributed by atoms with Crippen molar-refractivity contribution in [1.29, 1.82) is 0 Å². The average Bonchev–Trinajstić information content (AvgIpc) is 3.05. The maximum Gasteiger partial charge on any atom is 0.153 e. The van der Waals surface area contributed by atoms with Crippen molar-refractivity contribution in [2.75, 3.05) is 0 Å². The van der Waals surface area contributed by atoms with E-state index in [1.165, 1.54) is 47.9 Å². The first-order valence-electron chi connectivity index (χ1n) is 11.3. The summed E-state index contributed by atoms with van der Waals surface area (Å²) < 4.78 is 1.13. The Morgan fingerprint density at radius 3 is 2.06 bits per heavy atom. The molecular formula is C28H29BrO2. The molecule has 4 rings (SSSR count). The lowest BCUT2D eigenvalue weighted by Gasteiger charge is -2.33. The third kappa shape index (κ3) is 3.85. The highest BCUT2D eigenvalue weighted by molar-refractivity contribution is 9.10. The van der Waals surface area contributed by atoms with Crippen LogP contribution >= 0.6 is 15.9 Å². The highest BCUT2D eigenvalue weighted by Crippen LogP contribution is 2.55. The Balaban J connectivity index is 1.92. The van der Waals surface area contributed by atoms with Crippen LogP contribution in [-0.2, 0) is 5.41 Å². The number of unbranched alkanes of at least 4 members (excludes halogenated alkanes) is 2. The van der Waals surface area contributed by atoms with Gasteiger partial charge in [-0.15, -0.1) is 0 Å².